The maximum atomic E-state index is 6.08. The van der Waals surface area contributed by atoms with Crippen molar-refractivity contribution in [3.8, 4) is 17.2 Å². The molecular weight excluding hydrogens is 469 g/mol. The molecule has 0 radical (unpaired) electrons. The molecule has 2 aliphatic rings. The Morgan fingerprint density at radius 1 is 1.09 bits per heavy atom. The summed E-state index contributed by atoms with van der Waals surface area (Å²) in [5.41, 5.74) is 1.11. The summed E-state index contributed by atoms with van der Waals surface area (Å²) in [7, 11) is 1.66. The number of methoxy groups -OCH3 is 1. The number of ether oxygens (including phenoxy) is 3. The van der Waals surface area contributed by atoms with Crippen LogP contribution in [0.2, 0.25) is 0 Å². The molecule has 1 aromatic heterocycles. The molecule has 1 fully saturated rings. The third-order valence-electron chi connectivity index (χ3n) is 5.84. The second-order valence-corrected chi connectivity index (χ2v) is 8.93. The third kappa shape index (κ3) is 5.52. The standard InChI is InChI=1S/C23H27N3O3S.2ClH/c1-27-17-6-7-20-21(12-17)29-18(15-28-20)14-24-13-16-8-10-26(11-9-16)23-25-19-4-2-3-5-22(19)30-23;;/h2-7,12,16,18,24H,8-11,13-15H2,1H3;2*1H. The molecule has 3 aromatic rings. The summed E-state index contributed by atoms with van der Waals surface area (Å²) < 4.78 is 18.5. The molecule has 0 saturated carbocycles. The van der Waals surface area contributed by atoms with Gasteiger partial charge in [0.1, 0.15) is 18.5 Å². The first kappa shape index (κ1) is 24.7. The van der Waals surface area contributed by atoms with Crippen LogP contribution in [0, 0.1) is 5.92 Å². The smallest absolute Gasteiger partial charge is 0.186 e. The summed E-state index contributed by atoms with van der Waals surface area (Å²) in [6, 6.07) is 14.1. The van der Waals surface area contributed by atoms with E-state index in [0.29, 0.717) is 12.5 Å². The molecule has 1 unspecified atom stereocenters. The SMILES string of the molecule is COc1ccc2c(c1)OC(CNCC1CCN(c3nc4ccccc4s3)CC1)CO2.Cl.Cl. The summed E-state index contributed by atoms with van der Waals surface area (Å²) in [5.74, 6) is 3.02. The lowest BCUT2D eigenvalue weighted by Gasteiger charge is -2.32. The Morgan fingerprint density at radius 3 is 2.69 bits per heavy atom. The molecule has 0 spiro atoms. The van der Waals surface area contributed by atoms with Gasteiger partial charge in [-0.15, -0.1) is 24.8 Å². The molecule has 2 aromatic carbocycles. The Hall–Kier alpha value is -1.93. The Kier molecular flexibility index (Phi) is 8.71. The topological polar surface area (TPSA) is 55.9 Å². The fourth-order valence-corrected chi connectivity index (χ4v) is 5.11. The maximum Gasteiger partial charge on any atom is 0.186 e. The Labute approximate surface area is 205 Å². The average Bonchev–Trinajstić information content (AvgIpc) is 3.23. The number of halogens is 2. The van der Waals surface area contributed by atoms with Gasteiger partial charge in [0, 0.05) is 25.7 Å². The van der Waals surface area contributed by atoms with E-state index in [-0.39, 0.29) is 30.9 Å². The third-order valence-corrected chi connectivity index (χ3v) is 6.94. The van der Waals surface area contributed by atoms with Gasteiger partial charge < -0.3 is 24.4 Å². The van der Waals surface area contributed by atoms with Crippen molar-refractivity contribution in [2.75, 3.05) is 44.8 Å². The van der Waals surface area contributed by atoms with E-state index in [1.54, 1.807) is 18.4 Å². The van der Waals surface area contributed by atoms with Crippen LogP contribution >= 0.6 is 36.2 Å². The van der Waals surface area contributed by atoms with Gasteiger partial charge >= 0.3 is 0 Å². The number of benzene rings is 2. The number of rotatable bonds is 6. The highest BCUT2D eigenvalue weighted by molar-refractivity contribution is 7.22. The number of para-hydroxylation sites is 1. The van der Waals surface area contributed by atoms with Gasteiger partial charge in [-0.1, -0.05) is 23.5 Å². The predicted molar refractivity (Wildman–Crippen MR) is 135 cm³/mol. The van der Waals surface area contributed by atoms with Gasteiger partial charge in [0.25, 0.3) is 0 Å². The minimum Gasteiger partial charge on any atom is -0.497 e. The molecule has 1 N–H and O–H groups in total. The van der Waals surface area contributed by atoms with Crippen LogP contribution in [0.4, 0.5) is 5.13 Å². The number of hydrogen-bond donors (Lipinski definition) is 1. The van der Waals surface area contributed by atoms with E-state index < -0.39 is 0 Å². The van der Waals surface area contributed by atoms with Crippen LogP contribution in [-0.2, 0) is 0 Å². The lowest BCUT2D eigenvalue weighted by Crippen LogP contribution is -2.42. The number of hydrogen-bond acceptors (Lipinski definition) is 7. The van der Waals surface area contributed by atoms with Gasteiger partial charge in [0.2, 0.25) is 0 Å². The van der Waals surface area contributed by atoms with Gasteiger partial charge in [-0.05, 0) is 49.6 Å². The Balaban J connectivity index is 0.00000144. The minimum absolute atomic E-state index is 0. The van der Waals surface area contributed by atoms with E-state index in [1.165, 1.54) is 17.5 Å². The van der Waals surface area contributed by atoms with E-state index in [1.807, 2.05) is 18.2 Å². The highest BCUT2D eigenvalue weighted by Gasteiger charge is 2.24. The normalized spacial score (nSPS) is 18.0. The molecule has 2 aliphatic heterocycles. The highest BCUT2D eigenvalue weighted by Crippen LogP contribution is 2.35. The number of piperidine rings is 1. The number of fused-ring (bicyclic) bond motifs is 2. The first-order valence-corrected chi connectivity index (χ1v) is 11.4. The number of nitrogens with zero attached hydrogens (tertiary/aromatic N) is 2. The Morgan fingerprint density at radius 2 is 1.91 bits per heavy atom. The minimum atomic E-state index is 0. The van der Waals surface area contributed by atoms with Crippen molar-refractivity contribution in [3.63, 3.8) is 0 Å². The predicted octanol–water partition coefficient (Wildman–Crippen LogP) is 4.79. The average molecular weight is 498 g/mol. The van der Waals surface area contributed by atoms with Gasteiger partial charge in [-0.2, -0.15) is 0 Å². The molecule has 3 heterocycles. The van der Waals surface area contributed by atoms with Crippen LogP contribution in [0.25, 0.3) is 10.2 Å². The van der Waals surface area contributed by atoms with Crippen LogP contribution in [-0.4, -0.2) is 51.0 Å². The van der Waals surface area contributed by atoms with Crippen molar-refractivity contribution in [1.82, 2.24) is 10.3 Å². The molecule has 9 heteroatoms. The van der Waals surface area contributed by atoms with E-state index >= 15 is 0 Å². The molecule has 6 nitrogen and oxygen atoms in total. The molecule has 174 valence electrons. The molecule has 32 heavy (non-hydrogen) atoms. The van der Waals surface area contributed by atoms with E-state index in [9.17, 15) is 0 Å². The molecule has 0 aliphatic carbocycles. The number of thiazole rings is 1. The molecule has 5 rings (SSSR count). The number of aromatic nitrogens is 1. The van der Waals surface area contributed by atoms with Crippen molar-refractivity contribution in [2.45, 2.75) is 18.9 Å². The zero-order chi connectivity index (χ0) is 20.3. The van der Waals surface area contributed by atoms with Gasteiger partial charge in [0.05, 0.1) is 17.3 Å². The highest BCUT2D eigenvalue weighted by atomic mass is 35.5. The molecule has 1 saturated heterocycles. The summed E-state index contributed by atoms with van der Waals surface area (Å²) in [6.07, 6.45) is 2.39. The zero-order valence-electron chi connectivity index (χ0n) is 18.0. The summed E-state index contributed by atoms with van der Waals surface area (Å²) in [6.45, 7) is 4.51. The van der Waals surface area contributed by atoms with Crippen molar-refractivity contribution in [1.29, 1.82) is 0 Å². The monoisotopic (exact) mass is 497 g/mol. The largest absolute Gasteiger partial charge is 0.497 e. The van der Waals surface area contributed by atoms with E-state index in [4.69, 9.17) is 19.2 Å². The number of nitrogens with one attached hydrogen (secondary N) is 1. The van der Waals surface area contributed by atoms with Crippen molar-refractivity contribution in [3.05, 3.63) is 42.5 Å². The van der Waals surface area contributed by atoms with Crippen LogP contribution in [0.3, 0.4) is 0 Å². The molecule has 0 amide bonds. The quantitative estimate of drug-likeness (QED) is 0.527. The summed E-state index contributed by atoms with van der Waals surface area (Å²) in [4.78, 5) is 7.24. The van der Waals surface area contributed by atoms with Crippen molar-refractivity contribution < 1.29 is 14.2 Å². The summed E-state index contributed by atoms with van der Waals surface area (Å²) in [5, 5.41) is 4.75. The molecule has 1 atom stereocenters. The van der Waals surface area contributed by atoms with Crippen LogP contribution < -0.4 is 24.4 Å². The van der Waals surface area contributed by atoms with Crippen LogP contribution in [0.15, 0.2) is 42.5 Å². The van der Waals surface area contributed by atoms with Gasteiger partial charge in [-0.3, -0.25) is 0 Å². The van der Waals surface area contributed by atoms with E-state index in [0.717, 1.165) is 54.1 Å². The Bertz CT molecular complexity index is 978. The maximum absolute atomic E-state index is 6.08. The van der Waals surface area contributed by atoms with E-state index in [2.05, 4.69) is 34.5 Å². The number of anilines is 1. The first-order valence-electron chi connectivity index (χ1n) is 10.6. The van der Waals surface area contributed by atoms with Crippen molar-refractivity contribution >= 4 is 51.5 Å². The summed E-state index contributed by atoms with van der Waals surface area (Å²) >= 11 is 1.80. The molecular formula is C23H29Cl2N3O3S. The lowest BCUT2D eigenvalue weighted by molar-refractivity contribution is 0.0890. The van der Waals surface area contributed by atoms with Crippen LogP contribution in [0.5, 0.6) is 17.2 Å². The lowest BCUT2D eigenvalue weighted by atomic mass is 9.97. The second-order valence-electron chi connectivity index (χ2n) is 7.92. The van der Waals surface area contributed by atoms with Gasteiger partial charge in [0.15, 0.2) is 16.6 Å². The fraction of sp³-hybridized carbons (Fsp3) is 0.435. The zero-order valence-corrected chi connectivity index (χ0v) is 20.4. The van der Waals surface area contributed by atoms with Crippen LogP contribution in [0.1, 0.15) is 12.8 Å². The first-order chi connectivity index (χ1) is 14.8. The fourth-order valence-electron chi connectivity index (χ4n) is 4.10. The molecule has 0 bridgehead atoms. The van der Waals surface area contributed by atoms with Crippen molar-refractivity contribution in [2.24, 2.45) is 5.92 Å². The van der Waals surface area contributed by atoms with Gasteiger partial charge in [-0.25, -0.2) is 4.98 Å². The second kappa shape index (κ2) is 11.3.